The number of benzene rings is 1. The van der Waals surface area contributed by atoms with Crippen LogP contribution in [0.4, 0.5) is 5.69 Å². The Morgan fingerprint density at radius 1 is 0.310 bits per heavy atom. The second-order valence-electron chi connectivity index (χ2n) is 26.5. The lowest BCUT2D eigenvalue weighted by Crippen LogP contribution is -2.49. The number of hydrogen-bond acceptors (Lipinski definition) is 26. The van der Waals surface area contributed by atoms with Crippen molar-refractivity contribution >= 4 is 106 Å². The zero-order chi connectivity index (χ0) is 85.6. The highest BCUT2D eigenvalue weighted by Crippen LogP contribution is 2.18. The van der Waals surface area contributed by atoms with Crippen LogP contribution in [-0.2, 0) is 105 Å². The van der Waals surface area contributed by atoms with Crippen molar-refractivity contribution in [3.8, 4) is 5.75 Å². The summed E-state index contributed by atoms with van der Waals surface area (Å²) in [5.74, 6) is -10.6. The lowest BCUT2D eigenvalue weighted by atomic mass is 10.2. The summed E-state index contributed by atoms with van der Waals surface area (Å²) in [6.07, 6.45) is 0.348. The van der Waals surface area contributed by atoms with Crippen molar-refractivity contribution in [3.63, 3.8) is 0 Å². The summed E-state index contributed by atoms with van der Waals surface area (Å²) in [5, 5.41) is 14.2. The molecular formula is C69H111N19O25. The summed E-state index contributed by atoms with van der Waals surface area (Å²) in [4.78, 5) is 249. The first-order chi connectivity index (χ1) is 53.1. The van der Waals surface area contributed by atoms with Gasteiger partial charge in [0.05, 0.1) is 163 Å². The fourth-order valence-corrected chi connectivity index (χ4v) is 9.09. The van der Waals surface area contributed by atoms with E-state index in [1.807, 2.05) is 0 Å². The van der Waals surface area contributed by atoms with Crippen LogP contribution in [-0.4, -0.2) is 455 Å². The van der Waals surface area contributed by atoms with E-state index in [0.717, 1.165) is 68.6 Å². The second kappa shape index (κ2) is 53.7. The van der Waals surface area contributed by atoms with Crippen LogP contribution in [0.5, 0.6) is 5.75 Å². The Morgan fingerprint density at radius 3 is 0.770 bits per heavy atom. The number of carbonyl (C=O) groups is 17. The number of hydrogen-bond donors (Lipinski definition) is 0. The van der Waals surface area contributed by atoms with Crippen molar-refractivity contribution in [3.05, 3.63) is 44.8 Å². The summed E-state index contributed by atoms with van der Waals surface area (Å²) in [7, 11) is 19.6. The first-order valence-corrected chi connectivity index (χ1v) is 35.6. The van der Waals surface area contributed by atoms with Crippen LogP contribution in [0.3, 0.4) is 0 Å². The van der Waals surface area contributed by atoms with E-state index >= 15 is 0 Å². The van der Waals surface area contributed by atoms with E-state index in [2.05, 4.69) is 10.0 Å². The molecule has 0 bridgehead atoms. The predicted octanol–water partition coefficient (Wildman–Crippen LogP) is -4.71. The largest absolute Gasteiger partial charge is 0.427 e. The third-order valence-corrected chi connectivity index (χ3v) is 16.7. The van der Waals surface area contributed by atoms with E-state index in [-0.39, 0.29) is 62.5 Å². The summed E-state index contributed by atoms with van der Waals surface area (Å²) in [6, 6.07) is 4.86. The molecule has 44 nitrogen and oxygen atoms in total. The molecule has 0 aliphatic carbocycles. The van der Waals surface area contributed by atoms with Crippen LogP contribution in [0.2, 0.25) is 0 Å². The molecule has 0 aliphatic rings. The topological polar surface area (TPSA) is 486 Å². The van der Waals surface area contributed by atoms with Gasteiger partial charge in [-0.05, 0) is 30.5 Å². The molecule has 632 valence electrons. The maximum absolute atomic E-state index is 13.2. The Balaban J connectivity index is 2.44. The van der Waals surface area contributed by atoms with Crippen LogP contribution in [0.15, 0.2) is 29.4 Å². The minimum atomic E-state index is -0.699. The van der Waals surface area contributed by atoms with Gasteiger partial charge in [-0.3, -0.25) is 91.6 Å². The van der Waals surface area contributed by atoms with Crippen LogP contribution in [0.25, 0.3) is 10.4 Å². The molecule has 0 spiro atoms. The van der Waals surface area contributed by atoms with Gasteiger partial charge in [-0.15, -0.1) is 0 Å². The van der Waals surface area contributed by atoms with Gasteiger partial charge in [0.1, 0.15) is 5.75 Å². The van der Waals surface area contributed by atoms with Gasteiger partial charge in [0.2, 0.25) is 88.6 Å². The molecule has 0 atom stereocenters. The lowest BCUT2D eigenvalue weighted by Gasteiger charge is -2.28. The SMILES string of the molecule is CN(CC(=O)CCCOCCOCCOCCOCCOCCN=[N+]=[N-])C(=O)CN(C)C(=O)CN(C)C(=O)CN(C)C(=O)CN(C)C(=O)CN(C)C(=O)CN(C)C(=O)CN(C)C(=O)CN(C)C(=O)CN(C)C(=O)CN(C)C(=O)CN(C)C(=O)CN(C)C(=O)CN(C)C(=O)CN(C)C(=O)CCCC(=O)Oc1ccc([N+](=O)[O-])cc1. The summed E-state index contributed by atoms with van der Waals surface area (Å²) in [6.45, 7) is -3.40. The summed E-state index contributed by atoms with van der Waals surface area (Å²) < 4.78 is 32.1. The van der Waals surface area contributed by atoms with Gasteiger partial charge in [0.15, 0.2) is 5.78 Å². The third-order valence-electron chi connectivity index (χ3n) is 16.7. The molecule has 1 aromatic rings. The number of amides is 15. The van der Waals surface area contributed by atoms with Crippen molar-refractivity contribution < 1.29 is 115 Å². The van der Waals surface area contributed by atoms with Gasteiger partial charge in [-0.25, -0.2) is 0 Å². The van der Waals surface area contributed by atoms with Gasteiger partial charge in [-0.2, -0.15) is 0 Å². The maximum Gasteiger partial charge on any atom is 0.311 e. The van der Waals surface area contributed by atoms with E-state index in [1.54, 1.807) is 0 Å². The van der Waals surface area contributed by atoms with Crippen LogP contribution < -0.4 is 4.74 Å². The van der Waals surface area contributed by atoms with E-state index in [1.165, 1.54) is 135 Å². The average molecular weight is 1610 g/mol. The molecule has 1 rings (SSSR count). The zero-order valence-corrected chi connectivity index (χ0v) is 67.4. The number of carbonyl (C=O) groups excluding carboxylic acids is 17. The number of ketones is 1. The highest BCUT2D eigenvalue weighted by Gasteiger charge is 2.29. The van der Waals surface area contributed by atoms with Crippen molar-refractivity contribution in [2.75, 3.05) is 277 Å². The Morgan fingerprint density at radius 2 is 0.531 bits per heavy atom. The standard InChI is InChI=1S/C69H111N19O25/c1-73(36-52(89)18-17-26-108-28-30-110-32-34-112-35-33-111-31-29-109-27-25-71-72-70)55(91)38-75(3)57(93)40-77(5)59(95)42-79(7)61(97)44-81(9)63(99)46-83(11)65(101)48-85(13)67(103)50-87(15)68(104)49-86(14)66(102)47-84(12)64(100)45-82(10)62(98)43-80(8)60(96)41-78(6)58(94)39-76(4)56(92)37-74(2)54(90)19-16-20-69(105)113-53-23-21-51(22-24-53)88(106)107/h21-24H,16-20,25-50H2,1-15H3. The Kier molecular flexibility index (Phi) is 47.5. The number of nitro groups is 1. The predicted molar refractivity (Wildman–Crippen MR) is 399 cm³/mol. The maximum atomic E-state index is 13.2. The molecule has 1 aromatic carbocycles. The second-order valence-corrected chi connectivity index (χ2v) is 26.5. The number of ether oxygens (including phenoxy) is 6. The van der Waals surface area contributed by atoms with Gasteiger partial charge in [-0.1, -0.05) is 5.11 Å². The van der Waals surface area contributed by atoms with Gasteiger partial charge < -0.3 is 102 Å². The fourth-order valence-electron chi connectivity index (χ4n) is 9.09. The smallest absolute Gasteiger partial charge is 0.311 e. The number of nitrogens with zero attached hydrogens (tertiary/aromatic N) is 19. The zero-order valence-electron chi connectivity index (χ0n) is 67.4. The number of rotatable bonds is 55. The molecule has 0 aromatic heterocycles. The molecule has 44 heteroatoms. The van der Waals surface area contributed by atoms with Crippen molar-refractivity contribution in [2.45, 2.75) is 32.1 Å². The van der Waals surface area contributed by atoms with E-state index in [9.17, 15) is 91.6 Å². The number of azide groups is 1. The quantitative estimate of drug-likeness (QED) is 0.00864. The summed E-state index contributed by atoms with van der Waals surface area (Å²) >= 11 is 0. The number of non-ortho nitro benzene ring substituents is 1. The van der Waals surface area contributed by atoms with Gasteiger partial charge >= 0.3 is 5.97 Å². The summed E-state index contributed by atoms with van der Waals surface area (Å²) in [5.41, 5.74) is 8.03. The van der Waals surface area contributed by atoms with Crippen molar-refractivity contribution in [1.82, 2.24) is 73.5 Å². The normalized spacial score (nSPS) is 10.6. The molecule has 15 amide bonds. The van der Waals surface area contributed by atoms with Crippen molar-refractivity contribution in [1.29, 1.82) is 0 Å². The first-order valence-electron chi connectivity index (χ1n) is 35.6. The lowest BCUT2D eigenvalue weighted by molar-refractivity contribution is -0.384. The molecule has 0 aliphatic heterocycles. The number of likely N-dealkylation sites (N-methyl/N-ethyl adjacent to an activating group) is 15. The molecule has 0 fully saturated rings. The monoisotopic (exact) mass is 1610 g/mol. The Bertz CT molecular complexity index is 3460. The first kappa shape index (κ1) is 99.9. The molecule has 0 heterocycles. The molecule has 0 radical (unpaired) electrons. The Labute approximate surface area is 656 Å². The Hall–Kier alpha value is -11.1. The molecular weight excluding hydrogens is 1490 g/mol. The molecule has 0 saturated heterocycles. The van der Waals surface area contributed by atoms with E-state index in [4.69, 9.17) is 34.0 Å². The molecule has 113 heavy (non-hydrogen) atoms. The van der Waals surface area contributed by atoms with E-state index < -0.39 is 185 Å². The number of esters is 1. The molecule has 0 N–H and O–H groups in total. The number of nitro benzene ring substituents is 1. The van der Waals surface area contributed by atoms with Gasteiger partial charge in [0.25, 0.3) is 5.69 Å². The highest BCUT2D eigenvalue weighted by atomic mass is 16.6. The molecule has 0 unspecified atom stereocenters. The van der Waals surface area contributed by atoms with E-state index in [0.29, 0.717) is 72.5 Å². The van der Waals surface area contributed by atoms with Crippen molar-refractivity contribution in [2.24, 2.45) is 5.11 Å². The minimum Gasteiger partial charge on any atom is -0.427 e. The molecule has 0 saturated carbocycles. The van der Waals surface area contributed by atoms with Crippen LogP contribution in [0.1, 0.15) is 32.1 Å². The third kappa shape index (κ3) is 41.7. The average Bonchev–Trinajstić information content (AvgIpc) is 1.02. The highest BCUT2D eigenvalue weighted by molar-refractivity contribution is 5.96. The minimum absolute atomic E-state index is 0.0728. The fraction of sp³-hybridized carbons (Fsp3) is 0.667. The van der Waals surface area contributed by atoms with Gasteiger partial charge in [0, 0.05) is 155 Å². The van der Waals surface area contributed by atoms with Crippen LogP contribution in [0, 0.1) is 10.1 Å². The van der Waals surface area contributed by atoms with Crippen LogP contribution >= 0.6 is 0 Å². The number of Topliss-reactive ketones (excluding diaryl/α,β-unsaturated/α-hetero) is 1.